The molecule has 6 heteroatoms. The van der Waals surface area contributed by atoms with E-state index in [2.05, 4.69) is 20.7 Å². The molecule has 1 atom stereocenters. The fraction of sp³-hybridized carbons (Fsp3) is 0.727. The Morgan fingerprint density at radius 2 is 2.53 bits per heavy atom. The van der Waals surface area contributed by atoms with Crippen LogP contribution in [0.5, 0.6) is 0 Å². The van der Waals surface area contributed by atoms with Crippen LogP contribution in [0, 0.1) is 5.41 Å². The van der Waals surface area contributed by atoms with Crippen LogP contribution in [-0.2, 0) is 18.3 Å². The van der Waals surface area contributed by atoms with Crippen LogP contribution in [0.2, 0.25) is 0 Å². The zero-order valence-electron chi connectivity index (χ0n) is 10.4. The first kappa shape index (κ1) is 12.0. The maximum Gasteiger partial charge on any atom is 0.227 e. The maximum absolute atomic E-state index is 12.0. The first-order valence-electron chi connectivity index (χ1n) is 5.94. The van der Waals surface area contributed by atoms with Crippen molar-refractivity contribution in [3.8, 4) is 0 Å². The van der Waals surface area contributed by atoms with Gasteiger partial charge in [0.15, 0.2) is 5.82 Å². The van der Waals surface area contributed by atoms with Crippen molar-refractivity contribution in [2.45, 2.75) is 19.8 Å². The molecule has 1 aliphatic heterocycles. The Hall–Kier alpha value is -1.43. The minimum atomic E-state index is -0.252. The zero-order chi connectivity index (χ0) is 12.3. The van der Waals surface area contributed by atoms with Gasteiger partial charge in [0.05, 0.1) is 5.41 Å². The fourth-order valence-electron chi connectivity index (χ4n) is 2.01. The van der Waals surface area contributed by atoms with Crippen LogP contribution in [0.3, 0.4) is 0 Å². The number of carbonyl (C=O) groups is 1. The van der Waals surface area contributed by atoms with Crippen LogP contribution < -0.4 is 10.6 Å². The van der Waals surface area contributed by atoms with Crippen LogP contribution in [0.1, 0.15) is 19.2 Å². The van der Waals surface area contributed by atoms with Crippen LogP contribution >= 0.6 is 0 Å². The van der Waals surface area contributed by atoms with Crippen molar-refractivity contribution < 1.29 is 4.79 Å². The standard InChI is InChI=1S/C11H19N5O/c1-11(4-6-12-7-11)10(17)13-5-3-9-14-8-16(2)15-9/h8,12H,3-7H2,1-2H3,(H,13,17). The van der Waals surface area contributed by atoms with Crippen LogP contribution in [-0.4, -0.2) is 40.3 Å². The molecular weight excluding hydrogens is 218 g/mol. The zero-order valence-corrected chi connectivity index (χ0v) is 10.4. The van der Waals surface area contributed by atoms with Crippen LogP contribution in [0.15, 0.2) is 6.33 Å². The molecule has 2 N–H and O–H groups in total. The van der Waals surface area contributed by atoms with E-state index in [-0.39, 0.29) is 11.3 Å². The Bertz CT molecular complexity index is 394. The number of carbonyl (C=O) groups excluding carboxylic acids is 1. The summed E-state index contributed by atoms with van der Waals surface area (Å²) in [5, 5.41) is 10.3. The van der Waals surface area contributed by atoms with E-state index in [9.17, 15) is 4.79 Å². The van der Waals surface area contributed by atoms with Crippen molar-refractivity contribution in [1.29, 1.82) is 0 Å². The number of amides is 1. The van der Waals surface area contributed by atoms with Crippen molar-refractivity contribution in [3.63, 3.8) is 0 Å². The van der Waals surface area contributed by atoms with E-state index in [1.165, 1.54) is 0 Å². The fourth-order valence-corrected chi connectivity index (χ4v) is 2.01. The molecule has 1 unspecified atom stereocenters. The Morgan fingerprint density at radius 3 is 3.12 bits per heavy atom. The second kappa shape index (κ2) is 4.83. The molecule has 2 rings (SSSR count). The molecule has 17 heavy (non-hydrogen) atoms. The second-order valence-electron chi connectivity index (χ2n) is 4.83. The number of rotatable bonds is 4. The summed E-state index contributed by atoms with van der Waals surface area (Å²) in [6, 6.07) is 0. The van der Waals surface area contributed by atoms with Crippen molar-refractivity contribution in [3.05, 3.63) is 12.2 Å². The predicted octanol–water partition coefficient (Wildman–Crippen LogP) is -0.527. The quantitative estimate of drug-likeness (QED) is 0.738. The summed E-state index contributed by atoms with van der Waals surface area (Å²) < 4.78 is 1.67. The normalized spacial score (nSPS) is 23.9. The van der Waals surface area contributed by atoms with Crippen molar-refractivity contribution in [1.82, 2.24) is 25.4 Å². The SMILES string of the molecule is Cn1cnc(CCNC(=O)C2(C)CCNC2)n1. The average Bonchev–Trinajstić information content (AvgIpc) is 2.89. The van der Waals surface area contributed by atoms with Gasteiger partial charge in [-0.05, 0) is 19.9 Å². The molecule has 0 bridgehead atoms. The molecule has 1 fully saturated rings. The second-order valence-corrected chi connectivity index (χ2v) is 4.83. The molecule has 0 aliphatic carbocycles. The first-order chi connectivity index (χ1) is 8.10. The summed E-state index contributed by atoms with van der Waals surface area (Å²) in [5.74, 6) is 0.890. The summed E-state index contributed by atoms with van der Waals surface area (Å²) in [4.78, 5) is 16.1. The molecule has 6 nitrogen and oxygen atoms in total. The molecule has 1 aromatic rings. The first-order valence-corrected chi connectivity index (χ1v) is 5.94. The highest BCUT2D eigenvalue weighted by molar-refractivity contribution is 5.82. The van der Waals surface area contributed by atoms with Gasteiger partial charge < -0.3 is 10.6 Å². The number of aromatic nitrogens is 3. The summed E-state index contributed by atoms with van der Waals surface area (Å²) in [6.07, 6.45) is 3.25. The molecule has 0 saturated carbocycles. The molecule has 1 aliphatic rings. The Morgan fingerprint density at radius 1 is 1.71 bits per heavy atom. The molecule has 2 heterocycles. The summed E-state index contributed by atoms with van der Waals surface area (Å²) in [7, 11) is 1.83. The molecule has 0 aromatic carbocycles. The monoisotopic (exact) mass is 237 g/mol. The van der Waals surface area contributed by atoms with E-state index < -0.39 is 0 Å². The van der Waals surface area contributed by atoms with Gasteiger partial charge in [-0.15, -0.1) is 0 Å². The van der Waals surface area contributed by atoms with Crippen LogP contribution in [0.25, 0.3) is 0 Å². The number of hydrogen-bond donors (Lipinski definition) is 2. The van der Waals surface area contributed by atoms with Crippen molar-refractivity contribution >= 4 is 5.91 Å². The lowest BCUT2D eigenvalue weighted by Crippen LogP contribution is -2.41. The van der Waals surface area contributed by atoms with E-state index in [1.807, 2.05) is 14.0 Å². The van der Waals surface area contributed by atoms with E-state index in [0.29, 0.717) is 13.0 Å². The number of nitrogens with one attached hydrogen (secondary N) is 2. The van der Waals surface area contributed by atoms with Gasteiger partial charge in [-0.3, -0.25) is 9.48 Å². The third-order valence-electron chi connectivity index (χ3n) is 3.20. The third kappa shape index (κ3) is 2.82. The highest BCUT2D eigenvalue weighted by Gasteiger charge is 2.35. The summed E-state index contributed by atoms with van der Waals surface area (Å²) in [6.45, 7) is 4.28. The van der Waals surface area contributed by atoms with E-state index in [1.54, 1.807) is 11.0 Å². The Balaban J connectivity index is 1.77. The average molecular weight is 237 g/mol. The topological polar surface area (TPSA) is 71.8 Å². The van der Waals surface area contributed by atoms with Crippen molar-refractivity contribution in [2.24, 2.45) is 12.5 Å². The highest BCUT2D eigenvalue weighted by Crippen LogP contribution is 2.24. The van der Waals surface area contributed by atoms with Gasteiger partial charge in [0.1, 0.15) is 6.33 Å². The van der Waals surface area contributed by atoms with Crippen molar-refractivity contribution in [2.75, 3.05) is 19.6 Å². The highest BCUT2D eigenvalue weighted by atomic mass is 16.2. The summed E-state index contributed by atoms with van der Waals surface area (Å²) >= 11 is 0. The Kier molecular flexibility index (Phi) is 3.42. The minimum Gasteiger partial charge on any atom is -0.355 e. The van der Waals surface area contributed by atoms with E-state index >= 15 is 0 Å². The van der Waals surface area contributed by atoms with Gasteiger partial charge in [-0.25, -0.2) is 4.98 Å². The Labute approximate surface area is 101 Å². The molecule has 1 amide bonds. The van der Waals surface area contributed by atoms with E-state index in [0.717, 1.165) is 25.3 Å². The summed E-state index contributed by atoms with van der Waals surface area (Å²) in [5.41, 5.74) is -0.252. The predicted molar refractivity (Wildman–Crippen MR) is 63.3 cm³/mol. The number of nitrogens with zero attached hydrogens (tertiary/aromatic N) is 3. The lowest BCUT2D eigenvalue weighted by Gasteiger charge is -2.21. The minimum absolute atomic E-state index is 0.124. The molecule has 0 radical (unpaired) electrons. The molecule has 1 saturated heterocycles. The lowest BCUT2D eigenvalue weighted by atomic mass is 9.89. The van der Waals surface area contributed by atoms with Gasteiger partial charge in [-0.1, -0.05) is 0 Å². The van der Waals surface area contributed by atoms with Crippen LogP contribution in [0.4, 0.5) is 0 Å². The molecular formula is C11H19N5O. The van der Waals surface area contributed by atoms with Gasteiger partial charge in [0, 0.05) is 26.6 Å². The number of aryl methyl sites for hydroxylation is 1. The smallest absolute Gasteiger partial charge is 0.227 e. The maximum atomic E-state index is 12.0. The molecule has 94 valence electrons. The van der Waals surface area contributed by atoms with Gasteiger partial charge in [0.2, 0.25) is 5.91 Å². The molecule has 0 spiro atoms. The van der Waals surface area contributed by atoms with Gasteiger partial charge >= 0.3 is 0 Å². The third-order valence-corrected chi connectivity index (χ3v) is 3.20. The van der Waals surface area contributed by atoms with Gasteiger partial charge in [0.25, 0.3) is 0 Å². The van der Waals surface area contributed by atoms with E-state index in [4.69, 9.17) is 0 Å². The molecule has 1 aromatic heterocycles. The largest absolute Gasteiger partial charge is 0.355 e. The lowest BCUT2D eigenvalue weighted by molar-refractivity contribution is -0.129. The number of hydrogen-bond acceptors (Lipinski definition) is 4. The van der Waals surface area contributed by atoms with Gasteiger partial charge in [-0.2, -0.15) is 5.10 Å².